The average molecular weight is 434 g/mol. The molecule has 1 aromatic carbocycles. The number of nitrogens with zero attached hydrogens (tertiary/aromatic N) is 3. The number of aromatic nitrogens is 1. The lowest BCUT2D eigenvalue weighted by Gasteiger charge is -2.42. The van der Waals surface area contributed by atoms with Crippen molar-refractivity contribution in [2.45, 2.75) is 25.6 Å². The minimum Gasteiger partial charge on any atom is -0.482 e. The Morgan fingerprint density at radius 2 is 1.89 bits per heavy atom. The molecule has 2 aliphatic heterocycles. The summed E-state index contributed by atoms with van der Waals surface area (Å²) < 4.78 is 7.86. The van der Waals surface area contributed by atoms with Crippen LogP contribution < -0.4 is 15.2 Å². The number of amides is 1. The second kappa shape index (κ2) is 7.36. The third-order valence-corrected chi connectivity index (χ3v) is 5.47. The van der Waals surface area contributed by atoms with Gasteiger partial charge in [0.15, 0.2) is 11.4 Å². The van der Waals surface area contributed by atoms with Crippen molar-refractivity contribution in [3.8, 4) is 5.75 Å². The molecule has 0 saturated carbocycles. The quantitative estimate of drug-likeness (QED) is 0.796. The average Bonchev–Trinajstić information content (AvgIpc) is 2.66. The third kappa shape index (κ3) is 3.46. The molecule has 1 atom stereocenters. The van der Waals surface area contributed by atoms with Crippen LogP contribution in [-0.4, -0.2) is 46.5 Å². The van der Waals surface area contributed by atoms with Crippen molar-refractivity contribution < 1.29 is 14.6 Å². The Kier molecular flexibility index (Phi) is 4.92. The summed E-state index contributed by atoms with van der Waals surface area (Å²) in [6, 6.07) is 9.51. The zero-order valence-corrected chi connectivity index (χ0v) is 16.3. The van der Waals surface area contributed by atoms with Gasteiger partial charge in [-0.1, -0.05) is 30.3 Å². The number of fused-ring (bicyclic) bond motifs is 4. The van der Waals surface area contributed by atoms with Crippen LogP contribution >= 0.6 is 15.9 Å². The highest BCUT2D eigenvalue weighted by molar-refractivity contribution is 9.10. The first-order valence-corrected chi connectivity index (χ1v) is 9.68. The lowest BCUT2D eigenvalue weighted by Crippen LogP contribution is -2.56. The summed E-state index contributed by atoms with van der Waals surface area (Å²) in [5, 5.41) is 12.0. The molecule has 27 heavy (non-hydrogen) atoms. The van der Waals surface area contributed by atoms with E-state index < -0.39 is 6.10 Å². The predicted octanol–water partition coefficient (Wildman–Crippen LogP) is 1.70. The second-order valence-corrected chi connectivity index (χ2v) is 7.63. The Morgan fingerprint density at radius 1 is 1.15 bits per heavy atom. The maximum Gasteiger partial charge on any atom is 0.277 e. The number of hydrogen-bond donors (Lipinski definition) is 1. The van der Waals surface area contributed by atoms with E-state index in [1.54, 1.807) is 15.8 Å². The maximum absolute atomic E-state index is 13.1. The van der Waals surface area contributed by atoms with Crippen LogP contribution in [0, 0.1) is 0 Å². The largest absolute Gasteiger partial charge is 0.482 e. The second-order valence-electron chi connectivity index (χ2n) is 6.77. The minimum atomic E-state index is -0.443. The monoisotopic (exact) mass is 433 g/mol. The molecule has 0 aliphatic carbocycles. The molecule has 1 aromatic heterocycles. The summed E-state index contributed by atoms with van der Waals surface area (Å²) in [6.45, 7) is 1.64. The number of rotatable bonds is 3. The van der Waals surface area contributed by atoms with Crippen molar-refractivity contribution in [1.29, 1.82) is 0 Å². The fourth-order valence-corrected chi connectivity index (χ4v) is 3.78. The third-order valence-electron chi connectivity index (χ3n) is 4.91. The summed E-state index contributed by atoms with van der Waals surface area (Å²) in [5.41, 5.74) is 0.808. The van der Waals surface area contributed by atoms with Gasteiger partial charge in [-0.05, 0) is 34.3 Å². The lowest BCUT2D eigenvalue weighted by molar-refractivity contribution is 0.0589. The number of pyridine rings is 1. The van der Waals surface area contributed by atoms with E-state index in [-0.39, 0.29) is 29.4 Å². The Labute approximate surface area is 164 Å². The van der Waals surface area contributed by atoms with Gasteiger partial charge >= 0.3 is 0 Å². The van der Waals surface area contributed by atoms with Crippen molar-refractivity contribution in [2.75, 3.05) is 24.8 Å². The van der Waals surface area contributed by atoms with E-state index in [1.807, 2.05) is 35.3 Å². The minimum absolute atomic E-state index is 0.0500. The summed E-state index contributed by atoms with van der Waals surface area (Å²) in [4.78, 5) is 27.4. The number of carbonyl (C=O) groups is 1. The summed E-state index contributed by atoms with van der Waals surface area (Å²) in [7, 11) is 0. The molecule has 2 aliphatic rings. The van der Waals surface area contributed by atoms with E-state index in [0.717, 1.165) is 5.56 Å². The Hall–Kier alpha value is -2.32. The molecule has 1 amide bonds. The molecule has 4 rings (SSSR count). The zero-order valence-electron chi connectivity index (χ0n) is 14.7. The highest BCUT2D eigenvalue weighted by atomic mass is 79.9. The fourth-order valence-electron chi connectivity index (χ4n) is 3.41. The number of aliphatic hydroxyl groups is 1. The van der Waals surface area contributed by atoms with Crippen LogP contribution in [-0.2, 0) is 6.61 Å². The number of halogens is 1. The lowest BCUT2D eigenvalue weighted by atomic mass is 10.1. The smallest absolute Gasteiger partial charge is 0.277 e. The maximum atomic E-state index is 13.1. The highest BCUT2D eigenvalue weighted by Gasteiger charge is 2.35. The molecule has 7 nitrogen and oxygen atoms in total. The van der Waals surface area contributed by atoms with Crippen molar-refractivity contribution in [1.82, 2.24) is 9.58 Å². The van der Waals surface area contributed by atoms with Crippen molar-refractivity contribution >= 4 is 21.8 Å². The summed E-state index contributed by atoms with van der Waals surface area (Å²) >= 11 is 3.29. The van der Waals surface area contributed by atoms with Crippen LogP contribution in [0.3, 0.4) is 0 Å². The highest BCUT2D eigenvalue weighted by Crippen LogP contribution is 2.26. The van der Waals surface area contributed by atoms with Gasteiger partial charge in [-0.3, -0.25) is 19.3 Å². The molecule has 142 valence electrons. The number of ether oxygens (including phenoxy) is 1. The first-order valence-electron chi connectivity index (χ1n) is 8.89. The normalized spacial score (nSPS) is 19.3. The number of hydrogen-bond acceptors (Lipinski definition) is 5. The zero-order chi connectivity index (χ0) is 19.0. The van der Waals surface area contributed by atoms with E-state index in [2.05, 4.69) is 15.9 Å². The van der Waals surface area contributed by atoms with Gasteiger partial charge in [0.1, 0.15) is 13.3 Å². The van der Waals surface area contributed by atoms with Gasteiger partial charge in [-0.25, -0.2) is 0 Å². The Morgan fingerprint density at radius 3 is 2.67 bits per heavy atom. The van der Waals surface area contributed by atoms with Gasteiger partial charge in [0.05, 0.1) is 10.6 Å². The predicted molar refractivity (Wildman–Crippen MR) is 103 cm³/mol. The molecule has 1 unspecified atom stereocenters. The Balaban J connectivity index is 1.75. The molecule has 8 heteroatoms. The van der Waals surface area contributed by atoms with E-state index in [0.29, 0.717) is 37.1 Å². The van der Waals surface area contributed by atoms with E-state index in [1.165, 1.54) is 0 Å². The van der Waals surface area contributed by atoms with Gasteiger partial charge < -0.3 is 14.7 Å². The van der Waals surface area contributed by atoms with Gasteiger partial charge in [0.2, 0.25) is 5.43 Å². The molecule has 0 radical (unpaired) electrons. The Bertz CT molecular complexity index is 915. The molecular weight excluding hydrogens is 414 g/mol. The molecule has 1 saturated heterocycles. The summed E-state index contributed by atoms with van der Waals surface area (Å²) in [5.74, 6) is -0.206. The molecule has 1 fully saturated rings. The number of carbonyl (C=O) groups excluding carboxylic acids is 1. The van der Waals surface area contributed by atoms with Crippen LogP contribution in [0.1, 0.15) is 28.9 Å². The van der Waals surface area contributed by atoms with Crippen LogP contribution in [0.2, 0.25) is 0 Å². The van der Waals surface area contributed by atoms with Gasteiger partial charge in [0.25, 0.3) is 5.91 Å². The first kappa shape index (κ1) is 18.1. The summed E-state index contributed by atoms with van der Waals surface area (Å²) in [6.07, 6.45) is 2.30. The van der Waals surface area contributed by atoms with Crippen LogP contribution in [0.25, 0.3) is 0 Å². The van der Waals surface area contributed by atoms with Crippen molar-refractivity contribution in [2.24, 2.45) is 0 Å². The first-order chi connectivity index (χ1) is 13.0. The topological polar surface area (TPSA) is 75.0 Å². The van der Waals surface area contributed by atoms with Crippen LogP contribution in [0.4, 0.5) is 0 Å². The molecule has 2 bridgehead atoms. The van der Waals surface area contributed by atoms with Gasteiger partial charge in [0, 0.05) is 19.3 Å². The van der Waals surface area contributed by atoms with Gasteiger partial charge in [-0.15, -0.1) is 0 Å². The van der Waals surface area contributed by atoms with Crippen LogP contribution in [0.15, 0.2) is 45.8 Å². The van der Waals surface area contributed by atoms with Gasteiger partial charge in [-0.2, -0.15) is 0 Å². The number of aliphatic hydroxyl groups excluding tert-OH is 1. The van der Waals surface area contributed by atoms with E-state index in [4.69, 9.17) is 4.74 Å². The standard InChI is InChI=1S/C19H20BrN3O4/c20-15-10-23-16(18(17(15)25)27-11-13-4-2-1-3-5-13)19(26)21-8-6-14(24)7-9-22(23)12-21/h1-5,10,14,24H,6-9,11-12H2. The molecule has 2 aromatic rings. The van der Waals surface area contributed by atoms with Crippen LogP contribution in [0.5, 0.6) is 5.75 Å². The number of benzene rings is 1. The van der Waals surface area contributed by atoms with E-state index in [9.17, 15) is 14.7 Å². The van der Waals surface area contributed by atoms with Crippen molar-refractivity contribution in [3.05, 3.63) is 62.5 Å². The fraction of sp³-hybridized carbons (Fsp3) is 0.368. The molecule has 3 heterocycles. The van der Waals surface area contributed by atoms with Crippen molar-refractivity contribution in [3.63, 3.8) is 0 Å². The molecule has 1 N–H and O–H groups in total. The SMILES string of the molecule is O=C1c2c(OCc3ccccc3)c(=O)c(Br)cn2N2CCC(O)CCN1C2. The molecular formula is C19H20BrN3O4. The van der Waals surface area contributed by atoms with E-state index >= 15 is 0 Å². The molecule has 0 spiro atoms.